The normalized spacial score (nSPS) is 14.5. The van der Waals surface area contributed by atoms with Gasteiger partial charge in [0.05, 0.1) is 11.3 Å². The minimum absolute atomic E-state index is 0.0537. The lowest BCUT2D eigenvalue weighted by molar-refractivity contribution is 0.177. The topological polar surface area (TPSA) is 67.0 Å². The van der Waals surface area contributed by atoms with Gasteiger partial charge in [0.25, 0.3) is 5.56 Å². The van der Waals surface area contributed by atoms with Crippen LogP contribution in [0.4, 0.5) is 0 Å². The van der Waals surface area contributed by atoms with Crippen LogP contribution in [0.15, 0.2) is 4.79 Å². The Labute approximate surface area is 75.1 Å². The minimum Gasteiger partial charge on any atom is -0.377 e. The SMILES string of the molecule is COCc1nc2c(c(=O)[nH]1)CNC2. The number of ether oxygens (including phenoxy) is 1. The van der Waals surface area contributed by atoms with Gasteiger partial charge in [-0.2, -0.15) is 0 Å². The van der Waals surface area contributed by atoms with Crippen LogP contribution in [0.2, 0.25) is 0 Å². The number of rotatable bonds is 2. The van der Waals surface area contributed by atoms with Crippen LogP contribution in [0, 0.1) is 0 Å². The number of H-pyrrole nitrogens is 1. The second kappa shape index (κ2) is 3.27. The number of hydrogen-bond acceptors (Lipinski definition) is 4. The van der Waals surface area contributed by atoms with Crippen LogP contribution in [-0.2, 0) is 24.4 Å². The molecule has 0 saturated heterocycles. The lowest BCUT2D eigenvalue weighted by Crippen LogP contribution is -2.17. The predicted octanol–water partition coefficient (Wildman–Crippen LogP) is -0.480. The minimum atomic E-state index is -0.0537. The molecule has 1 aromatic rings. The first kappa shape index (κ1) is 8.40. The highest BCUT2D eigenvalue weighted by Gasteiger charge is 2.15. The Morgan fingerprint density at radius 1 is 1.54 bits per heavy atom. The number of nitrogens with zero attached hydrogens (tertiary/aromatic N) is 1. The number of nitrogens with one attached hydrogen (secondary N) is 2. The average Bonchev–Trinajstić information content (AvgIpc) is 2.53. The summed E-state index contributed by atoms with van der Waals surface area (Å²) in [6.07, 6.45) is 0. The van der Waals surface area contributed by atoms with E-state index >= 15 is 0 Å². The third-order valence-electron chi connectivity index (χ3n) is 2.03. The molecule has 0 aliphatic carbocycles. The van der Waals surface area contributed by atoms with Gasteiger partial charge in [-0.1, -0.05) is 0 Å². The Morgan fingerprint density at radius 2 is 2.38 bits per heavy atom. The smallest absolute Gasteiger partial charge is 0.255 e. The maximum Gasteiger partial charge on any atom is 0.255 e. The largest absolute Gasteiger partial charge is 0.377 e. The summed E-state index contributed by atoms with van der Waals surface area (Å²) in [4.78, 5) is 18.4. The van der Waals surface area contributed by atoms with Crippen LogP contribution in [0.3, 0.4) is 0 Å². The van der Waals surface area contributed by atoms with Crippen LogP contribution >= 0.6 is 0 Å². The lowest BCUT2D eigenvalue weighted by Gasteiger charge is -2.01. The fourth-order valence-corrected chi connectivity index (χ4v) is 1.44. The van der Waals surface area contributed by atoms with Crippen LogP contribution in [-0.4, -0.2) is 17.1 Å². The van der Waals surface area contributed by atoms with Gasteiger partial charge in [-0.05, 0) is 0 Å². The van der Waals surface area contributed by atoms with E-state index in [-0.39, 0.29) is 5.56 Å². The summed E-state index contributed by atoms with van der Waals surface area (Å²) in [5.41, 5.74) is 1.54. The van der Waals surface area contributed by atoms with E-state index in [4.69, 9.17) is 4.74 Å². The number of fused-ring (bicyclic) bond motifs is 1. The molecule has 2 N–H and O–H groups in total. The van der Waals surface area contributed by atoms with Crippen molar-refractivity contribution >= 4 is 0 Å². The van der Waals surface area contributed by atoms with Gasteiger partial charge in [-0.25, -0.2) is 4.98 Å². The first-order valence-corrected chi connectivity index (χ1v) is 4.12. The number of aromatic nitrogens is 2. The molecule has 0 fully saturated rings. The molecule has 5 nitrogen and oxygen atoms in total. The predicted molar refractivity (Wildman–Crippen MR) is 46.1 cm³/mol. The molecule has 1 aromatic heterocycles. The highest BCUT2D eigenvalue weighted by molar-refractivity contribution is 5.21. The Hall–Kier alpha value is -1.20. The zero-order valence-electron chi connectivity index (χ0n) is 7.39. The summed E-state index contributed by atoms with van der Waals surface area (Å²) in [5.74, 6) is 0.593. The standard InChI is InChI=1S/C8H11N3O2/c1-13-4-7-10-6-3-9-2-5(6)8(12)11-7/h9H,2-4H2,1H3,(H,10,11,12). The molecule has 0 amide bonds. The van der Waals surface area contributed by atoms with Gasteiger partial charge in [0.1, 0.15) is 12.4 Å². The lowest BCUT2D eigenvalue weighted by atomic mass is 10.3. The Morgan fingerprint density at radius 3 is 3.15 bits per heavy atom. The molecule has 13 heavy (non-hydrogen) atoms. The molecule has 1 aliphatic heterocycles. The molecule has 0 unspecified atom stereocenters. The monoisotopic (exact) mass is 181 g/mol. The van der Waals surface area contributed by atoms with Crippen molar-refractivity contribution in [2.45, 2.75) is 19.7 Å². The van der Waals surface area contributed by atoms with Crippen LogP contribution in [0.1, 0.15) is 17.1 Å². The summed E-state index contributed by atoms with van der Waals surface area (Å²) in [6.45, 7) is 1.64. The summed E-state index contributed by atoms with van der Waals surface area (Å²) in [6, 6.07) is 0. The van der Waals surface area contributed by atoms with E-state index in [1.54, 1.807) is 7.11 Å². The molecule has 70 valence electrons. The van der Waals surface area contributed by atoms with Gasteiger partial charge >= 0.3 is 0 Å². The van der Waals surface area contributed by atoms with E-state index < -0.39 is 0 Å². The summed E-state index contributed by atoms with van der Waals surface area (Å²) in [7, 11) is 1.57. The van der Waals surface area contributed by atoms with Crippen LogP contribution in [0.25, 0.3) is 0 Å². The zero-order chi connectivity index (χ0) is 9.26. The van der Waals surface area contributed by atoms with Crippen molar-refractivity contribution in [3.63, 3.8) is 0 Å². The third-order valence-corrected chi connectivity index (χ3v) is 2.03. The number of aromatic amines is 1. The van der Waals surface area contributed by atoms with E-state index in [1.165, 1.54) is 0 Å². The van der Waals surface area contributed by atoms with E-state index in [0.29, 0.717) is 25.5 Å². The third kappa shape index (κ3) is 1.48. The van der Waals surface area contributed by atoms with E-state index in [9.17, 15) is 4.79 Å². The Balaban J connectivity index is 2.44. The fourth-order valence-electron chi connectivity index (χ4n) is 1.44. The molecule has 2 rings (SSSR count). The highest BCUT2D eigenvalue weighted by atomic mass is 16.5. The second-order valence-electron chi connectivity index (χ2n) is 2.97. The number of methoxy groups -OCH3 is 1. The molecule has 0 spiro atoms. The molecular formula is C8H11N3O2. The van der Waals surface area contributed by atoms with E-state index in [0.717, 1.165) is 11.3 Å². The maximum absolute atomic E-state index is 11.4. The maximum atomic E-state index is 11.4. The summed E-state index contributed by atoms with van der Waals surface area (Å²) < 4.78 is 4.89. The Bertz CT molecular complexity index is 372. The first-order chi connectivity index (χ1) is 6.31. The molecule has 5 heteroatoms. The second-order valence-corrected chi connectivity index (χ2v) is 2.97. The molecule has 0 aromatic carbocycles. The van der Waals surface area contributed by atoms with Crippen LogP contribution in [0.5, 0.6) is 0 Å². The average molecular weight is 181 g/mol. The van der Waals surface area contributed by atoms with Crippen molar-refractivity contribution in [1.29, 1.82) is 0 Å². The molecule has 0 atom stereocenters. The van der Waals surface area contributed by atoms with Gasteiger partial charge < -0.3 is 15.0 Å². The summed E-state index contributed by atoms with van der Waals surface area (Å²) >= 11 is 0. The number of hydrogen-bond donors (Lipinski definition) is 2. The molecule has 0 bridgehead atoms. The molecule has 2 heterocycles. The fraction of sp³-hybridized carbons (Fsp3) is 0.500. The van der Waals surface area contributed by atoms with Crippen molar-refractivity contribution in [3.05, 3.63) is 27.4 Å². The van der Waals surface area contributed by atoms with Crippen molar-refractivity contribution < 1.29 is 4.74 Å². The van der Waals surface area contributed by atoms with Crippen molar-refractivity contribution in [3.8, 4) is 0 Å². The van der Waals surface area contributed by atoms with Gasteiger partial charge in [0, 0.05) is 20.2 Å². The molecule has 1 aliphatic rings. The van der Waals surface area contributed by atoms with Crippen molar-refractivity contribution in [2.75, 3.05) is 7.11 Å². The van der Waals surface area contributed by atoms with Gasteiger partial charge in [0.2, 0.25) is 0 Å². The van der Waals surface area contributed by atoms with Crippen LogP contribution < -0.4 is 10.9 Å². The molecular weight excluding hydrogens is 170 g/mol. The van der Waals surface area contributed by atoms with Crippen molar-refractivity contribution in [1.82, 2.24) is 15.3 Å². The van der Waals surface area contributed by atoms with Gasteiger partial charge in [0.15, 0.2) is 0 Å². The highest BCUT2D eigenvalue weighted by Crippen LogP contribution is 2.07. The van der Waals surface area contributed by atoms with Gasteiger partial charge in [-0.15, -0.1) is 0 Å². The summed E-state index contributed by atoms with van der Waals surface area (Å²) in [5, 5.41) is 3.07. The van der Waals surface area contributed by atoms with Gasteiger partial charge in [-0.3, -0.25) is 4.79 Å². The van der Waals surface area contributed by atoms with Crippen molar-refractivity contribution in [2.24, 2.45) is 0 Å². The molecule has 0 saturated carbocycles. The quantitative estimate of drug-likeness (QED) is 0.646. The zero-order valence-corrected chi connectivity index (χ0v) is 7.39. The van der Waals surface area contributed by atoms with E-state index in [1.807, 2.05) is 0 Å². The molecule has 0 radical (unpaired) electrons. The van der Waals surface area contributed by atoms with E-state index in [2.05, 4.69) is 15.3 Å². The first-order valence-electron chi connectivity index (χ1n) is 4.12. The Kier molecular flexibility index (Phi) is 2.12.